The topological polar surface area (TPSA) is 56.1 Å². The summed E-state index contributed by atoms with van der Waals surface area (Å²) in [7, 11) is 3.88. The lowest BCUT2D eigenvalue weighted by Gasteiger charge is -2.19. The molecule has 1 aromatic heterocycles. The normalized spacial score (nSPS) is 13.3. The van der Waals surface area contributed by atoms with Crippen molar-refractivity contribution in [2.75, 3.05) is 20.6 Å². The molecule has 6 nitrogen and oxygen atoms in total. The van der Waals surface area contributed by atoms with Crippen molar-refractivity contribution < 1.29 is 17.9 Å². The van der Waals surface area contributed by atoms with Gasteiger partial charge in [0.1, 0.15) is 5.75 Å². The van der Waals surface area contributed by atoms with Crippen molar-refractivity contribution in [1.29, 1.82) is 0 Å². The number of aryl methyl sites for hydroxylation is 1. The fourth-order valence-corrected chi connectivity index (χ4v) is 2.12. The number of hydrogen-bond acceptors (Lipinski definition) is 5. The van der Waals surface area contributed by atoms with Crippen LogP contribution in [0, 0.1) is 6.92 Å². The second kappa shape index (κ2) is 6.95. The van der Waals surface area contributed by atoms with Crippen LogP contribution in [0.4, 0.5) is 13.2 Å². The Morgan fingerprint density at radius 2 is 1.87 bits per heavy atom. The molecule has 23 heavy (non-hydrogen) atoms. The van der Waals surface area contributed by atoms with Crippen LogP contribution in [0.15, 0.2) is 24.3 Å². The highest BCUT2D eigenvalue weighted by atomic mass is 19.4. The fourth-order valence-electron chi connectivity index (χ4n) is 2.12. The van der Waals surface area contributed by atoms with Gasteiger partial charge in [-0.05, 0) is 56.9 Å². The van der Waals surface area contributed by atoms with Gasteiger partial charge in [0.2, 0.25) is 0 Å². The Morgan fingerprint density at radius 1 is 1.22 bits per heavy atom. The third kappa shape index (κ3) is 5.20. The van der Waals surface area contributed by atoms with Crippen molar-refractivity contribution in [3.63, 3.8) is 0 Å². The highest BCUT2D eigenvalue weighted by molar-refractivity contribution is 5.29. The molecule has 0 saturated carbocycles. The number of aromatic nitrogens is 4. The van der Waals surface area contributed by atoms with Crippen LogP contribution in [0.5, 0.6) is 5.75 Å². The van der Waals surface area contributed by atoms with E-state index < -0.39 is 6.36 Å². The fraction of sp³-hybridized carbons (Fsp3) is 0.500. The summed E-state index contributed by atoms with van der Waals surface area (Å²) >= 11 is 0. The van der Waals surface area contributed by atoms with Crippen molar-refractivity contribution >= 4 is 0 Å². The minimum Gasteiger partial charge on any atom is -0.406 e. The van der Waals surface area contributed by atoms with Crippen LogP contribution >= 0.6 is 0 Å². The largest absolute Gasteiger partial charge is 0.573 e. The van der Waals surface area contributed by atoms with Crippen LogP contribution < -0.4 is 4.74 Å². The van der Waals surface area contributed by atoms with Crippen LogP contribution in [0.25, 0.3) is 0 Å². The molecular formula is C14H18F3N5O. The summed E-state index contributed by atoms with van der Waals surface area (Å²) < 4.78 is 40.5. The first-order chi connectivity index (χ1) is 10.7. The van der Waals surface area contributed by atoms with E-state index in [-0.39, 0.29) is 11.8 Å². The molecule has 0 amide bonds. The molecule has 0 spiro atoms. The predicted octanol–water partition coefficient (Wildman–Crippen LogP) is 2.42. The van der Waals surface area contributed by atoms with Gasteiger partial charge in [0.25, 0.3) is 0 Å². The number of tetrazole rings is 1. The Bertz CT molecular complexity index is 624. The lowest BCUT2D eigenvalue weighted by atomic mass is 10.0. The molecule has 1 unspecified atom stereocenters. The van der Waals surface area contributed by atoms with E-state index in [1.165, 1.54) is 16.9 Å². The number of halogens is 3. The molecule has 0 bridgehead atoms. The maximum absolute atomic E-state index is 12.2. The second-order valence-corrected chi connectivity index (χ2v) is 5.38. The van der Waals surface area contributed by atoms with Crippen LogP contribution in [0.1, 0.15) is 23.9 Å². The highest BCUT2D eigenvalue weighted by Crippen LogP contribution is 2.26. The molecule has 0 aliphatic carbocycles. The molecule has 126 valence electrons. The van der Waals surface area contributed by atoms with E-state index in [0.717, 1.165) is 12.1 Å². The van der Waals surface area contributed by atoms with Gasteiger partial charge in [-0.3, -0.25) is 0 Å². The number of rotatable bonds is 6. The summed E-state index contributed by atoms with van der Waals surface area (Å²) in [5.74, 6) is 0.284. The average molecular weight is 329 g/mol. The predicted molar refractivity (Wildman–Crippen MR) is 77.0 cm³/mol. The Kier molecular flexibility index (Phi) is 5.19. The molecule has 0 N–H and O–H groups in total. The van der Waals surface area contributed by atoms with Crippen molar-refractivity contribution in [3.05, 3.63) is 35.7 Å². The molecular weight excluding hydrogens is 311 g/mol. The minimum atomic E-state index is -4.70. The van der Waals surface area contributed by atoms with Crippen LogP contribution in [0.3, 0.4) is 0 Å². The number of hydrogen-bond donors (Lipinski definition) is 0. The van der Waals surface area contributed by atoms with E-state index in [1.807, 2.05) is 19.0 Å². The molecule has 0 aliphatic heterocycles. The standard InChI is InChI=1S/C14H18F3N5O/c1-10-18-20-22(19-10)13(8-9-21(2)3)11-4-6-12(7-5-11)23-14(15,16)17/h4-7,13H,8-9H2,1-3H3. The molecule has 2 rings (SSSR count). The second-order valence-electron chi connectivity index (χ2n) is 5.38. The number of benzene rings is 1. The average Bonchev–Trinajstić information content (AvgIpc) is 2.85. The van der Waals surface area contributed by atoms with Gasteiger partial charge >= 0.3 is 6.36 Å². The lowest BCUT2D eigenvalue weighted by molar-refractivity contribution is -0.274. The third-order valence-electron chi connectivity index (χ3n) is 3.16. The van der Waals surface area contributed by atoms with E-state index >= 15 is 0 Å². The van der Waals surface area contributed by atoms with Crippen LogP contribution in [-0.4, -0.2) is 52.1 Å². The number of nitrogens with zero attached hydrogens (tertiary/aromatic N) is 5. The van der Waals surface area contributed by atoms with Crippen molar-refractivity contribution in [1.82, 2.24) is 25.1 Å². The Morgan fingerprint density at radius 3 is 2.35 bits per heavy atom. The quantitative estimate of drug-likeness (QED) is 0.815. The minimum absolute atomic E-state index is 0.210. The zero-order valence-corrected chi connectivity index (χ0v) is 13.1. The van der Waals surface area contributed by atoms with E-state index in [2.05, 4.69) is 20.1 Å². The lowest BCUT2D eigenvalue weighted by Crippen LogP contribution is -2.21. The van der Waals surface area contributed by atoms with Crippen molar-refractivity contribution in [2.45, 2.75) is 25.7 Å². The van der Waals surface area contributed by atoms with Crippen LogP contribution in [-0.2, 0) is 0 Å². The Hall–Kier alpha value is -2.16. The zero-order chi connectivity index (χ0) is 17.0. The molecule has 0 fully saturated rings. The molecule has 0 saturated heterocycles. The van der Waals surface area contributed by atoms with E-state index in [9.17, 15) is 13.2 Å². The van der Waals surface area contributed by atoms with Gasteiger partial charge in [-0.15, -0.1) is 23.4 Å². The SMILES string of the molecule is Cc1nnn(C(CCN(C)C)c2ccc(OC(F)(F)F)cc2)n1. The maximum Gasteiger partial charge on any atom is 0.573 e. The van der Waals surface area contributed by atoms with Gasteiger partial charge in [0.05, 0.1) is 6.04 Å². The van der Waals surface area contributed by atoms with Gasteiger partial charge < -0.3 is 9.64 Å². The van der Waals surface area contributed by atoms with Crippen molar-refractivity contribution in [2.24, 2.45) is 0 Å². The first kappa shape index (κ1) is 17.2. The summed E-state index contributed by atoms with van der Waals surface area (Å²) in [6.45, 7) is 2.50. The third-order valence-corrected chi connectivity index (χ3v) is 3.16. The van der Waals surface area contributed by atoms with Gasteiger partial charge in [0, 0.05) is 0 Å². The maximum atomic E-state index is 12.2. The molecule has 1 aromatic carbocycles. The summed E-state index contributed by atoms with van der Waals surface area (Å²) in [5, 5.41) is 12.1. The molecule has 0 radical (unpaired) electrons. The monoisotopic (exact) mass is 329 g/mol. The molecule has 1 heterocycles. The van der Waals surface area contributed by atoms with E-state index in [0.29, 0.717) is 12.2 Å². The summed E-state index contributed by atoms with van der Waals surface area (Å²) in [4.78, 5) is 3.50. The summed E-state index contributed by atoms with van der Waals surface area (Å²) in [6.07, 6.45) is -4.00. The Labute approximate surface area is 131 Å². The summed E-state index contributed by atoms with van der Waals surface area (Å²) in [5.41, 5.74) is 0.791. The van der Waals surface area contributed by atoms with Gasteiger partial charge in [-0.25, -0.2) is 0 Å². The number of alkyl halides is 3. The molecule has 9 heteroatoms. The smallest absolute Gasteiger partial charge is 0.406 e. The highest BCUT2D eigenvalue weighted by Gasteiger charge is 2.31. The Balaban J connectivity index is 2.21. The number of ether oxygens (including phenoxy) is 1. The van der Waals surface area contributed by atoms with Gasteiger partial charge in [0.15, 0.2) is 5.82 Å². The summed E-state index contributed by atoms with van der Waals surface area (Å²) in [6, 6.07) is 5.53. The van der Waals surface area contributed by atoms with Crippen molar-refractivity contribution in [3.8, 4) is 5.75 Å². The first-order valence-corrected chi connectivity index (χ1v) is 7.01. The van der Waals surface area contributed by atoms with Crippen LogP contribution in [0.2, 0.25) is 0 Å². The van der Waals surface area contributed by atoms with Gasteiger partial charge in [-0.1, -0.05) is 12.1 Å². The molecule has 2 aromatic rings. The van der Waals surface area contributed by atoms with E-state index in [4.69, 9.17) is 0 Å². The first-order valence-electron chi connectivity index (χ1n) is 7.01. The van der Waals surface area contributed by atoms with E-state index in [1.54, 1.807) is 19.1 Å². The van der Waals surface area contributed by atoms with Gasteiger partial charge in [-0.2, -0.15) is 4.80 Å². The zero-order valence-electron chi connectivity index (χ0n) is 13.1. The molecule has 1 atom stereocenters. The molecule has 0 aliphatic rings.